The van der Waals surface area contributed by atoms with Crippen LogP contribution in [0.4, 0.5) is 0 Å². The third kappa shape index (κ3) is 2.52. The molecule has 100 valence electrons. The van der Waals surface area contributed by atoms with Crippen molar-refractivity contribution in [3.63, 3.8) is 0 Å². The Bertz CT molecular complexity index is 500. The minimum Gasteiger partial charge on any atom is -0.329 e. The summed E-state index contributed by atoms with van der Waals surface area (Å²) in [6.07, 6.45) is 2.71. The summed E-state index contributed by atoms with van der Waals surface area (Å²) >= 11 is 0. The van der Waals surface area contributed by atoms with Gasteiger partial charge in [-0.3, -0.25) is 0 Å². The van der Waals surface area contributed by atoms with Crippen molar-refractivity contribution >= 4 is 10.0 Å². The zero-order valence-electron chi connectivity index (χ0n) is 10.4. The second kappa shape index (κ2) is 5.29. The molecule has 1 aliphatic rings. The Kier molecular flexibility index (Phi) is 3.94. The van der Waals surface area contributed by atoms with Crippen molar-refractivity contribution in [2.45, 2.75) is 37.3 Å². The lowest BCUT2D eigenvalue weighted by atomic mass is 10.1. The number of hydrogen-bond acceptors (Lipinski definition) is 5. The van der Waals surface area contributed by atoms with E-state index < -0.39 is 10.0 Å². The first-order valence-electron chi connectivity index (χ1n) is 6.08. The normalized spacial score (nSPS) is 22.0. The number of aromatic nitrogens is 2. The minimum atomic E-state index is -3.56. The molecule has 1 aliphatic heterocycles. The highest BCUT2D eigenvalue weighted by Gasteiger charge is 2.33. The van der Waals surface area contributed by atoms with Gasteiger partial charge in [-0.15, -0.1) is 5.10 Å². The van der Waals surface area contributed by atoms with Gasteiger partial charge in [-0.2, -0.15) is 9.40 Å². The van der Waals surface area contributed by atoms with Crippen LogP contribution in [-0.4, -0.2) is 42.1 Å². The fraction of sp³-hybridized carbons (Fsp3) is 0.636. The highest BCUT2D eigenvalue weighted by molar-refractivity contribution is 7.89. The Hall–Kier alpha value is -1.05. The Labute approximate surface area is 107 Å². The molecule has 0 radical (unpaired) electrons. The molecule has 7 heteroatoms. The molecule has 0 amide bonds. The molecule has 6 nitrogen and oxygen atoms in total. The van der Waals surface area contributed by atoms with E-state index in [4.69, 9.17) is 5.73 Å². The summed E-state index contributed by atoms with van der Waals surface area (Å²) in [7, 11) is -3.56. The van der Waals surface area contributed by atoms with Gasteiger partial charge in [0.2, 0.25) is 0 Å². The van der Waals surface area contributed by atoms with Crippen LogP contribution in [0.25, 0.3) is 0 Å². The van der Waals surface area contributed by atoms with E-state index in [-0.39, 0.29) is 11.1 Å². The van der Waals surface area contributed by atoms with E-state index in [1.807, 2.05) is 0 Å². The number of nitrogens with two attached hydrogens (primary N) is 1. The average molecular weight is 270 g/mol. The second-order valence-electron chi connectivity index (χ2n) is 4.51. The summed E-state index contributed by atoms with van der Waals surface area (Å²) in [6, 6.07) is 3.04. The van der Waals surface area contributed by atoms with Gasteiger partial charge in [0, 0.05) is 19.1 Å². The van der Waals surface area contributed by atoms with E-state index in [1.54, 1.807) is 13.0 Å². The maximum atomic E-state index is 12.4. The average Bonchev–Trinajstić information content (AvgIpc) is 2.39. The van der Waals surface area contributed by atoms with Crippen molar-refractivity contribution in [2.75, 3.05) is 13.1 Å². The standard InChI is InChI=1S/C11H18N4O2S/c1-9-5-6-11(14-13-9)18(16,17)15-7-3-2-4-10(15)8-12/h5-6,10H,2-4,7-8,12H2,1H3/t10-/m1/s1. The lowest BCUT2D eigenvalue weighted by Crippen LogP contribution is -2.47. The number of nitrogens with zero attached hydrogens (tertiary/aromatic N) is 3. The van der Waals surface area contributed by atoms with Crippen LogP contribution in [0.1, 0.15) is 25.0 Å². The van der Waals surface area contributed by atoms with Crippen molar-refractivity contribution in [1.29, 1.82) is 0 Å². The van der Waals surface area contributed by atoms with Gasteiger partial charge in [0.05, 0.1) is 5.69 Å². The molecular weight excluding hydrogens is 252 g/mol. The first-order chi connectivity index (χ1) is 8.55. The Morgan fingerprint density at radius 3 is 2.78 bits per heavy atom. The molecule has 1 saturated heterocycles. The van der Waals surface area contributed by atoms with Gasteiger partial charge in [-0.25, -0.2) is 8.42 Å². The summed E-state index contributed by atoms with van der Waals surface area (Å²) in [5.74, 6) is 0. The smallest absolute Gasteiger partial charge is 0.262 e. The molecule has 0 aliphatic carbocycles. The zero-order chi connectivity index (χ0) is 13.2. The summed E-state index contributed by atoms with van der Waals surface area (Å²) in [4.78, 5) is 0. The molecule has 0 spiro atoms. The lowest BCUT2D eigenvalue weighted by Gasteiger charge is -2.33. The molecule has 0 bridgehead atoms. The van der Waals surface area contributed by atoms with E-state index >= 15 is 0 Å². The largest absolute Gasteiger partial charge is 0.329 e. The van der Waals surface area contributed by atoms with Crippen LogP contribution in [0.2, 0.25) is 0 Å². The van der Waals surface area contributed by atoms with Crippen molar-refractivity contribution in [3.8, 4) is 0 Å². The Morgan fingerprint density at radius 1 is 1.39 bits per heavy atom. The number of piperidine rings is 1. The van der Waals surface area contributed by atoms with Crippen LogP contribution in [0.15, 0.2) is 17.2 Å². The van der Waals surface area contributed by atoms with Crippen molar-refractivity contribution in [3.05, 3.63) is 17.8 Å². The molecule has 2 N–H and O–H groups in total. The number of aryl methyl sites for hydroxylation is 1. The van der Waals surface area contributed by atoms with Gasteiger partial charge in [-0.05, 0) is 31.9 Å². The monoisotopic (exact) mass is 270 g/mol. The fourth-order valence-corrected chi connectivity index (χ4v) is 3.75. The van der Waals surface area contributed by atoms with Crippen LogP contribution in [0.3, 0.4) is 0 Å². The Balaban J connectivity index is 2.32. The predicted octanol–water partition coefficient (Wildman–Crippen LogP) is 0.287. The van der Waals surface area contributed by atoms with Crippen LogP contribution in [0.5, 0.6) is 0 Å². The molecular formula is C11H18N4O2S. The van der Waals surface area contributed by atoms with Gasteiger partial charge in [0.1, 0.15) is 0 Å². The van der Waals surface area contributed by atoms with Crippen LogP contribution in [-0.2, 0) is 10.0 Å². The van der Waals surface area contributed by atoms with Gasteiger partial charge >= 0.3 is 0 Å². The molecule has 2 heterocycles. The van der Waals surface area contributed by atoms with Crippen LogP contribution < -0.4 is 5.73 Å². The van der Waals surface area contributed by atoms with E-state index in [0.717, 1.165) is 19.3 Å². The highest BCUT2D eigenvalue weighted by Crippen LogP contribution is 2.23. The first-order valence-corrected chi connectivity index (χ1v) is 7.52. The predicted molar refractivity (Wildman–Crippen MR) is 67.4 cm³/mol. The van der Waals surface area contributed by atoms with Gasteiger partial charge < -0.3 is 5.73 Å². The quantitative estimate of drug-likeness (QED) is 0.852. The first kappa shape index (κ1) is 13.4. The van der Waals surface area contributed by atoms with Crippen molar-refractivity contribution in [1.82, 2.24) is 14.5 Å². The van der Waals surface area contributed by atoms with E-state index in [2.05, 4.69) is 10.2 Å². The highest BCUT2D eigenvalue weighted by atomic mass is 32.2. The lowest BCUT2D eigenvalue weighted by molar-refractivity contribution is 0.256. The molecule has 1 atom stereocenters. The SMILES string of the molecule is Cc1ccc(S(=O)(=O)N2CCCC[C@@H]2CN)nn1. The summed E-state index contributed by atoms with van der Waals surface area (Å²) in [5.41, 5.74) is 6.35. The summed E-state index contributed by atoms with van der Waals surface area (Å²) < 4.78 is 26.3. The zero-order valence-corrected chi connectivity index (χ0v) is 11.2. The number of sulfonamides is 1. The second-order valence-corrected chi connectivity index (χ2v) is 6.35. The number of rotatable bonds is 3. The van der Waals surface area contributed by atoms with Crippen molar-refractivity contribution in [2.24, 2.45) is 5.73 Å². The van der Waals surface area contributed by atoms with Crippen LogP contribution in [0, 0.1) is 6.92 Å². The maximum Gasteiger partial charge on any atom is 0.262 e. The van der Waals surface area contributed by atoms with Gasteiger partial charge in [0.15, 0.2) is 5.03 Å². The molecule has 1 fully saturated rings. The minimum absolute atomic E-state index is 0.00782. The molecule has 1 aromatic heterocycles. The molecule has 0 aromatic carbocycles. The molecule has 1 aromatic rings. The van der Waals surface area contributed by atoms with Crippen LogP contribution >= 0.6 is 0 Å². The van der Waals surface area contributed by atoms with Crippen molar-refractivity contribution < 1.29 is 8.42 Å². The fourth-order valence-electron chi connectivity index (χ4n) is 2.17. The summed E-state index contributed by atoms with van der Waals surface area (Å²) in [6.45, 7) is 2.63. The van der Waals surface area contributed by atoms with E-state index in [1.165, 1.54) is 10.4 Å². The number of hydrogen-bond donors (Lipinski definition) is 1. The molecule has 2 rings (SSSR count). The molecule has 0 unspecified atom stereocenters. The third-order valence-electron chi connectivity index (χ3n) is 3.19. The van der Waals surface area contributed by atoms with E-state index in [9.17, 15) is 8.42 Å². The molecule has 18 heavy (non-hydrogen) atoms. The van der Waals surface area contributed by atoms with E-state index in [0.29, 0.717) is 18.8 Å². The topological polar surface area (TPSA) is 89.2 Å². The molecule has 0 saturated carbocycles. The van der Waals surface area contributed by atoms with Gasteiger partial charge in [0.25, 0.3) is 10.0 Å². The third-order valence-corrected chi connectivity index (χ3v) is 5.04. The van der Waals surface area contributed by atoms with Gasteiger partial charge in [-0.1, -0.05) is 6.42 Å². The summed E-state index contributed by atoms with van der Waals surface area (Å²) in [5, 5.41) is 7.59. The Morgan fingerprint density at radius 2 is 2.17 bits per heavy atom. The maximum absolute atomic E-state index is 12.4.